The van der Waals surface area contributed by atoms with Crippen molar-refractivity contribution in [1.29, 1.82) is 0 Å². The zero-order chi connectivity index (χ0) is 17.5. The van der Waals surface area contributed by atoms with Crippen molar-refractivity contribution in [1.82, 2.24) is 10.2 Å². The lowest BCUT2D eigenvalue weighted by molar-refractivity contribution is -0.159. The van der Waals surface area contributed by atoms with Gasteiger partial charge in [-0.05, 0) is 30.5 Å². The molecule has 4 amide bonds. The van der Waals surface area contributed by atoms with E-state index in [1.54, 1.807) is 6.92 Å². The highest BCUT2D eigenvalue weighted by molar-refractivity contribution is 6.13. The van der Waals surface area contributed by atoms with Gasteiger partial charge in [0, 0.05) is 12.8 Å². The van der Waals surface area contributed by atoms with Crippen LogP contribution in [0.4, 0.5) is 4.39 Å². The first kappa shape index (κ1) is 16.3. The van der Waals surface area contributed by atoms with Gasteiger partial charge in [-0.1, -0.05) is 19.1 Å². The number of piperidine rings is 1. The van der Waals surface area contributed by atoms with Crippen LogP contribution in [0.1, 0.15) is 44.1 Å². The third kappa shape index (κ3) is 2.40. The molecule has 24 heavy (non-hydrogen) atoms. The summed E-state index contributed by atoms with van der Waals surface area (Å²) in [5, 5.41) is 2.23. The second-order valence-electron chi connectivity index (χ2n) is 6.14. The van der Waals surface area contributed by atoms with Crippen LogP contribution in [-0.4, -0.2) is 34.1 Å². The third-order valence-corrected chi connectivity index (χ3v) is 4.87. The predicted molar refractivity (Wildman–Crippen MR) is 81.0 cm³/mol. The lowest BCUT2D eigenvalue weighted by Crippen LogP contribution is -2.64. The molecule has 2 aliphatic heterocycles. The van der Waals surface area contributed by atoms with E-state index in [9.17, 15) is 23.6 Å². The molecule has 2 saturated heterocycles. The highest BCUT2D eigenvalue weighted by Gasteiger charge is 2.55. The number of hydrogen-bond donors (Lipinski definition) is 1. The third-order valence-electron chi connectivity index (χ3n) is 4.87. The number of carbonyl (C=O) groups is 4. The van der Waals surface area contributed by atoms with Gasteiger partial charge in [0.15, 0.2) is 0 Å². The zero-order valence-electron chi connectivity index (χ0n) is 13.2. The second-order valence-corrected chi connectivity index (χ2v) is 6.14. The van der Waals surface area contributed by atoms with Crippen molar-refractivity contribution >= 4 is 23.6 Å². The van der Waals surface area contributed by atoms with Crippen LogP contribution >= 0.6 is 0 Å². The summed E-state index contributed by atoms with van der Waals surface area (Å²) in [4.78, 5) is 50.2. The molecular weight excluding hydrogens is 315 g/mol. The Hall–Kier alpha value is -2.57. The summed E-state index contributed by atoms with van der Waals surface area (Å²) in [7, 11) is 0. The van der Waals surface area contributed by atoms with Gasteiger partial charge in [0.1, 0.15) is 11.4 Å². The van der Waals surface area contributed by atoms with Crippen molar-refractivity contribution in [2.24, 2.45) is 0 Å². The number of amides is 4. The lowest BCUT2D eigenvalue weighted by atomic mass is 9.84. The molecule has 1 aromatic rings. The van der Waals surface area contributed by atoms with E-state index in [2.05, 4.69) is 5.32 Å². The number of likely N-dealkylation sites (tertiary alicyclic amines) is 1. The number of nitrogens with one attached hydrogen (secondary N) is 1. The van der Waals surface area contributed by atoms with Gasteiger partial charge in [-0.15, -0.1) is 0 Å². The van der Waals surface area contributed by atoms with E-state index in [0.717, 1.165) is 4.90 Å². The largest absolute Gasteiger partial charge is 0.294 e. The van der Waals surface area contributed by atoms with Gasteiger partial charge in [0.2, 0.25) is 17.7 Å². The molecular formula is C17H17FN2O4. The van der Waals surface area contributed by atoms with Gasteiger partial charge in [0.25, 0.3) is 5.91 Å². The van der Waals surface area contributed by atoms with Gasteiger partial charge >= 0.3 is 0 Å². The van der Waals surface area contributed by atoms with E-state index in [-0.39, 0.29) is 25.7 Å². The minimum Gasteiger partial charge on any atom is -0.294 e. The van der Waals surface area contributed by atoms with Crippen molar-refractivity contribution in [2.45, 2.75) is 44.1 Å². The summed E-state index contributed by atoms with van der Waals surface area (Å²) < 4.78 is 13.1. The molecule has 0 radical (unpaired) electrons. The van der Waals surface area contributed by atoms with Crippen LogP contribution < -0.4 is 5.32 Å². The Morgan fingerprint density at radius 3 is 2.46 bits per heavy atom. The average Bonchev–Trinajstić information content (AvgIpc) is 2.85. The highest BCUT2D eigenvalue weighted by atomic mass is 19.1. The Labute approximate surface area is 138 Å². The topological polar surface area (TPSA) is 83.6 Å². The van der Waals surface area contributed by atoms with E-state index >= 15 is 0 Å². The van der Waals surface area contributed by atoms with Crippen molar-refractivity contribution in [3.05, 3.63) is 35.6 Å². The number of benzene rings is 1. The minimum absolute atomic E-state index is 0.0621. The van der Waals surface area contributed by atoms with Crippen LogP contribution in [0.5, 0.6) is 0 Å². The number of imide groups is 2. The Bertz CT molecular complexity index is 731. The molecule has 0 bridgehead atoms. The molecule has 2 heterocycles. The monoisotopic (exact) mass is 332 g/mol. The molecule has 0 spiro atoms. The van der Waals surface area contributed by atoms with E-state index < -0.39 is 40.9 Å². The van der Waals surface area contributed by atoms with Gasteiger partial charge in [0.05, 0.1) is 5.92 Å². The van der Waals surface area contributed by atoms with Gasteiger partial charge in [-0.3, -0.25) is 29.4 Å². The quantitative estimate of drug-likeness (QED) is 0.845. The van der Waals surface area contributed by atoms with Gasteiger partial charge < -0.3 is 0 Å². The van der Waals surface area contributed by atoms with Crippen molar-refractivity contribution in [3.8, 4) is 0 Å². The van der Waals surface area contributed by atoms with Crippen LogP contribution in [-0.2, 0) is 19.2 Å². The number of nitrogens with zero attached hydrogens (tertiary/aromatic N) is 1. The van der Waals surface area contributed by atoms with Crippen LogP contribution in [0, 0.1) is 5.82 Å². The van der Waals surface area contributed by atoms with Crippen molar-refractivity contribution in [3.63, 3.8) is 0 Å². The van der Waals surface area contributed by atoms with Crippen LogP contribution in [0.3, 0.4) is 0 Å². The normalized spacial score (nSPS) is 27.6. The first-order valence-electron chi connectivity index (χ1n) is 7.85. The van der Waals surface area contributed by atoms with Gasteiger partial charge in [-0.2, -0.15) is 0 Å². The molecule has 0 aromatic heterocycles. The Morgan fingerprint density at radius 2 is 1.88 bits per heavy atom. The maximum Gasteiger partial charge on any atom is 0.253 e. The average molecular weight is 332 g/mol. The molecule has 2 fully saturated rings. The van der Waals surface area contributed by atoms with Crippen LogP contribution in [0.15, 0.2) is 24.3 Å². The number of rotatable bonds is 3. The molecule has 6 nitrogen and oxygen atoms in total. The Kier molecular flexibility index (Phi) is 3.95. The molecule has 7 heteroatoms. The smallest absolute Gasteiger partial charge is 0.253 e. The fraction of sp³-hybridized carbons (Fsp3) is 0.412. The zero-order valence-corrected chi connectivity index (χ0v) is 13.2. The van der Waals surface area contributed by atoms with Crippen molar-refractivity contribution < 1.29 is 23.6 Å². The lowest BCUT2D eigenvalue weighted by Gasteiger charge is -2.40. The summed E-state index contributed by atoms with van der Waals surface area (Å²) in [6.45, 7) is 1.71. The maximum absolute atomic E-state index is 13.1. The van der Waals surface area contributed by atoms with Gasteiger partial charge in [-0.25, -0.2) is 4.39 Å². The highest BCUT2D eigenvalue weighted by Crippen LogP contribution is 2.39. The molecule has 1 N–H and O–H groups in total. The predicted octanol–water partition coefficient (Wildman–Crippen LogP) is 1.25. The first-order chi connectivity index (χ1) is 11.4. The fourth-order valence-corrected chi connectivity index (χ4v) is 3.49. The molecule has 0 aliphatic carbocycles. The van der Waals surface area contributed by atoms with Crippen molar-refractivity contribution in [2.75, 3.05) is 0 Å². The Morgan fingerprint density at radius 1 is 1.21 bits per heavy atom. The summed E-state index contributed by atoms with van der Waals surface area (Å²) in [5.41, 5.74) is -0.785. The number of halogens is 1. The van der Waals surface area contributed by atoms with Crippen LogP contribution in [0.25, 0.3) is 0 Å². The summed E-state index contributed by atoms with van der Waals surface area (Å²) >= 11 is 0. The molecule has 126 valence electrons. The summed E-state index contributed by atoms with van der Waals surface area (Å²) in [6.07, 6.45) is 0.382. The van der Waals surface area contributed by atoms with E-state index in [1.807, 2.05) is 0 Å². The summed E-state index contributed by atoms with van der Waals surface area (Å²) in [5.74, 6) is -3.09. The molecule has 3 rings (SSSR count). The van der Waals surface area contributed by atoms with E-state index in [0.29, 0.717) is 5.56 Å². The second kappa shape index (κ2) is 5.81. The van der Waals surface area contributed by atoms with E-state index in [1.165, 1.54) is 24.3 Å². The molecule has 1 aromatic carbocycles. The maximum atomic E-state index is 13.1. The standard InChI is InChI=1S/C17H17FN2O4/c1-2-17(8-7-13(21)19-16(17)24)20-14(22)9-12(15(20)23)10-3-5-11(18)6-4-10/h3-6,12H,2,7-9H2,1H3,(H,19,21,24). The van der Waals surface area contributed by atoms with Crippen LogP contribution in [0.2, 0.25) is 0 Å². The number of carbonyl (C=O) groups excluding carboxylic acids is 4. The minimum atomic E-state index is -1.32. The molecule has 2 atom stereocenters. The number of hydrogen-bond acceptors (Lipinski definition) is 4. The Balaban J connectivity index is 1.95. The van der Waals surface area contributed by atoms with E-state index in [4.69, 9.17) is 0 Å². The molecule has 2 aliphatic rings. The molecule has 2 unspecified atom stereocenters. The SMILES string of the molecule is CCC1(N2C(=O)CC(c3ccc(F)cc3)C2=O)CCC(=O)NC1=O. The summed E-state index contributed by atoms with van der Waals surface area (Å²) in [6, 6.07) is 5.41. The molecule has 0 saturated carbocycles. The first-order valence-corrected chi connectivity index (χ1v) is 7.85. The fourth-order valence-electron chi connectivity index (χ4n) is 3.49.